The first-order valence-electron chi connectivity index (χ1n) is 9.56. The maximum Gasteiger partial charge on any atom is 0.422 e. The number of imidazole rings is 1. The van der Waals surface area contributed by atoms with E-state index in [9.17, 15) is 8.78 Å². The number of benzene rings is 2. The second-order valence-electron chi connectivity index (χ2n) is 7.23. The van der Waals surface area contributed by atoms with Crippen LogP contribution in [0.25, 0.3) is 21.3 Å². The van der Waals surface area contributed by atoms with Crippen LogP contribution in [0.3, 0.4) is 0 Å². The van der Waals surface area contributed by atoms with Gasteiger partial charge in [-0.3, -0.25) is 0 Å². The molecule has 0 bridgehead atoms. The number of alkyl halides is 2. The van der Waals surface area contributed by atoms with Crippen molar-refractivity contribution in [2.45, 2.75) is 40.3 Å². The summed E-state index contributed by atoms with van der Waals surface area (Å²) in [4.78, 5) is 9.35. The molecule has 0 unspecified atom stereocenters. The van der Waals surface area contributed by atoms with E-state index in [1.807, 2.05) is 26.0 Å². The van der Waals surface area contributed by atoms with Crippen molar-refractivity contribution in [3.63, 3.8) is 0 Å². The lowest BCUT2D eigenvalue weighted by atomic mass is 10.2. The maximum atomic E-state index is 14.1. The zero-order valence-corrected chi connectivity index (χ0v) is 18.0. The molecule has 5 nitrogen and oxygen atoms in total. The zero-order chi connectivity index (χ0) is 21.6. The fourth-order valence-electron chi connectivity index (χ4n) is 3.33. The van der Waals surface area contributed by atoms with Crippen LogP contribution < -0.4 is 10.1 Å². The van der Waals surface area contributed by atoms with Gasteiger partial charge in [0.2, 0.25) is 0 Å². The van der Waals surface area contributed by atoms with Crippen molar-refractivity contribution in [3.05, 3.63) is 53.9 Å². The van der Waals surface area contributed by atoms with Crippen LogP contribution in [-0.2, 0) is 6.54 Å². The number of aromatic nitrogens is 3. The molecule has 30 heavy (non-hydrogen) atoms. The summed E-state index contributed by atoms with van der Waals surface area (Å²) in [5, 5.41) is 3.75. The first-order valence-corrected chi connectivity index (χ1v) is 10.4. The predicted molar refractivity (Wildman–Crippen MR) is 118 cm³/mol. The Morgan fingerprint density at radius 2 is 2.00 bits per heavy atom. The minimum Gasteiger partial charge on any atom is -0.427 e. The molecular formula is C22H22F2N4OS. The van der Waals surface area contributed by atoms with Crippen molar-refractivity contribution in [2.75, 3.05) is 5.32 Å². The lowest BCUT2D eigenvalue weighted by Crippen LogP contribution is -2.25. The second kappa shape index (κ2) is 7.36. The summed E-state index contributed by atoms with van der Waals surface area (Å²) in [6.45, 7) is 11.3. The molecule has 4 aromatic rings. The van der Waals surface area contributed by atoms with Crippen molar-refractivity contribution in [2.24, 2.45) is 0 Å². The highest BCUT2D eigenvalue weighted by molar-refractivity contribution is 7.22. The lowest BCUT2D eigenvalue weighted by molar-refractivity contribution is -0.141. The summed E-state index contributed by atoms with van der Waals surface area (Å²) < 4.78 is 36.3. The van der Waals surface area contributed by atoms with Gasteiger partial charge in [-0.15, -0.1) is 0 Å². The van der Waals surface area contributed by atoms with Crippen molar-refractivity contribution in [3.8, 4) is 5.75 Å². The van der Waals surface area contributed by atoms with Gasteiger partial charge in [-0.1, -0.05) is 24.0 Å². The van der Waals surface area contributed by atoms with E-state index < -0.39 is 6.11 Å². The molecule has 0 fully saturated rings. The molecule has 0 saturated heterocycles. The van der Waals surface area contributed by atoms with Crippen LogP contribution in [0.15, 0.2) is 42.5 Å². The fraction of sp³-hybridized carbons (Fsp3) is 0.273. The minimum atomic E-state index is -3.46. The number of hydrogen-bond acceptors (Lipinski definition) is 5. The Morgan fingerprint density at radius 1 is 1.23 bits per heavy atom. The first-order chi connectivity index (χ1) is 14.2. The average molecular weight is 429 g/mol. The van der Waals surface area contributed by atoms with E-state index in [1.165, 1.54) is 24.3 Å². The molecule has 0 amide bonds. The molecule has 2 aromatic carbocycles. The van der Waals surface area contributed by atoms with E-state index in [1.54, 1.807) is 12.1 Å². The van der Waals surface area contributed by atoms with E-state index in [-0.39, 0.29) is 11.3 Å². The highest BCUT2D eigenvalue weighted by Crippen LogP contribution is 2.38. The van der Waals surface area contributed by atoms with Gasteiger partial charge in [-0.05, 0) is 57.5 Å². The smallest absolute Gasteiger partial charge is 0.422 e. The number of aryl methyl sites for hydroxylation is 3. The zero-order valence-electron chi connectivity index (χ0n) is 17.2. The molecule has 2 heterocycles. The second-order valence-corrected chi connectivity index (χ2v) is 8.26. The van der Waals surface area contributed by atoms with E-state index in [2.05, 4.69) is 28.4 Å². The van der Waals surface area contributed by atoms with Gasteiger partial charge in [-0.2, -0.15) is 8.78 Å². The Bertz CT molecular complexity index is 1280. The molecular weight excluding hydrogens is 406 g/mol. The molecule has 0 spiro atoms. The Labute approximate surface area is 177 Å². The number of thiazole rings is 1. The van der Waals surface area contributed by atoms with Crippen LogP contribution in [0.4, 0.5) is 19.6 Å². The number of rotatable bonds is 6. The van der Waals surface area contributed by atoms with Gasteiger partial charge < -0.3 is 14.6 Å². The average Bonchev–Trinajstić information content (AvgIpc) is 3.22. The molecule has 1 N–H and O–H groups in total. The number of nitrogens with one attached hydrogen (secondary N) is 1. The number of ether oxygens (including phenoxy) is 1. The molecule has 0 aliphatic heterocycles. The molecule has 0 atom stereocenters. The van der Waals surface area contributed by atoms with E-state index in [0.717, 1.165) is 39.2 Å². The van der Waals surface area contributed by atoms with Gasteiger partial charge in [0, 0.05) is 12.1 Å². The summed E-state index contributed by atoms with van der Waals surface area (Å²) in [6.07, 6.45) is -3.46. The van der Waals surface area contributed by atoms with E-state index in [0.29, 0.717) is 10.8 Å². The Hall–Kier alpha value is -3.00. The third-order valence-electron chi connectivity index (χ3n) is 4.88. The maximum absolute atomic E-state index is 14.1. The van der Waals surface area contributed by atoms with Crippen LogP contribution in [-0.4, -0.2) is 20.6 Å². The number of hydrogen-bond donors (Lipinski definition) is 1. The summed E-state index contributed by atoms with van der Waals surface area (Å²) >= 11 is 1.45. The van der Waals surface area contributed by atoms with Crippen molar-refractivity contribution in [1.29, 1.82) is 0 Å². The fourth-order valence-corrected chi connectivity index (χ4v) is 4.21. The van der Waals surface area contributed by atoms with Gasteiger partial charge in [0.1, 0.15) is 17.1 Å². The van der Waals surface area contributed by atoms with Gasteiger partial charge in [0.25, 0.3) is 0 Å². The monoisotopic (exact) mass is 428 g/mol. The number of nitrogens with zero attached hydrogens (tertiary/aromatic N) is 3. The van der Waals surface area contributed by atoms with Gasteiger partial charge in [0.05, 0.1) is 21.4 Å². The summed E-state index contributed by atoms with van der Waals surface area (Å²) in [5.74, 6) is 0.964. The Kier molecular flexibility index (Phi) is 4.97. The standard InChI is InChI=1S/C22H22F2N4OS/c1-6-28-14(5)25-15-8-10-18-19(20(15)28)27-21(30-18)26-16-11-13(4)7-9-17(16)29-22(23,24)12(2)3/h7-11H,2,6H2,1,3-5H3,(H,26,27). The molecule has 0 aliphatic rings. The van der Waals surface area contributed by atoms with E-state index >= 15 is 0 Å². The topological polar surface area (TPSA) is 52.0 Å². The van der Waals surface area contributed by atoms with Crippen LogP contribution in [0, 0.1) is 13.8 Å². The van der Waals surface area contributed by atoms with Crippen LogP contribution >= 0.6 is 11.3 Å². The summed E-state index contributed by atoms with van der Waals surface area (Å²) in [7, 11) is 0. The molecule has 156 valence electrons. The Morgan fingerprint density at radius 3 is 2.70 bits per heavy atom. The van der Waals surface area contributed by atoms with Crippen molar-refractivity contribution >= 4 is 43.4 Å². The summed E-state index contributed by atoms with van der Waals surface area (Å²) in [6, 6.07) is 8.96. The molecule has 4 rings (SSSR count). The number of fused-ring (bicyclic) bond motifs is 3. The van der Waals surface area contributed by atoms with Crippen molar-refractivity contribution < 1.29 is 13.5 Å². The normalized spacial score (nSPS) is 11.9. The van der Waals surface area contributed by atoms with Crippen LogP contribution in [0.1, 0.15) is 25.2 Å². The molecule has 0 radical (unpaired) electrons. The lowest BCUT2D eigenvalue weighted by Gasteiger charge is -2.20. The molecule has 0 saturated carbocycles. The quantitative estimate of drug-likeness (QED) is 0.353. The predicted octanol–water partition coefficient (Wildman–Crippen LogP) is 6.57. The van der Waals surface area contributed by atoms with Gasteiger partial charge in [-0.25, -0.2) is 9.97 Å². The molecule has 2 aromatic heterocycles. The first kappa shape index (κ1) is 20.3. The minimum absolute atomic E-state index is 0.0347. The van der Waals surface area contributed by atoms with Gasteiger partial charge >= 0.3 is 6.11 Å². The van der Waals surface area contributed by atoms with Crippen molar-refractivity contribution in [1.82, 2.24) is 14.5 Å². The van der Waals surface area contributed by atoms with Crippen LogP contribution in [0.2, 0.25) is 0 Å². The Balaban J connectivity index is 1.77. The number of halogens is 2. The van der Waals surface area contributed by atoms with Crippen LogP contribution in [0.5, 0.6) is 5.75 Å². The van der Waals surface area contributed by atoms with Gasteiger partial charge in [0.15, 0.2) is 5.13 Å². The number of anilines is 2. The largest absolute Gasteiger partial charge is 0.427 e. The highest BCUT2D eigenvalue weighted by Gasteiger charge is 2.33. The summed E-state index contributed by atoms with van der Waals surface area (Å²) in [5.41, 5.74) is 3.67. The highest BCUT2D eigenvalue weighted by atomic mass is 32.1. The third-order valence-corrected chi connectivity index (χ3v) is 5.82. The molecule has 8 heteroatoms. The van der Waals surface area contributed by atoms with E-state index in [4.69, 9.17) is 9.72 Å². The molecule has 0 aliphatic carbocycles. The SMILES string of the molecule is C=C(C)C(F)(F)Oc1ccc(C)cc1Nc1nc2c(ccc3nc(C)n(CC)c32)s1. The third kappa shape index (κ3) is 3.52.